The standard InChI is InChI=1S/C22H24N4O4.C18H12Cl2N2O4.C2H7N/c1-3-23-11-19(27)25-13-5-7-15-17(9-13)22(30)18-10-14(6-8-16(18)21(15)29)26-20(28)12-24-4-2;19-7-15(23)21-9-1-3-11-13(5-9)18(26)14-6-10(22-16(24)8-20)2-4-12(14)17(11)25;1-2-3/h5-10,23-24H,3-4,11-12H2,1-2H3,(H,25,27)(H,26,28);1-6H,7-8H2,(H,21,23)(H,22,24);2-3H2,1H3. The Hall–Kier alpha value is -6.10. The molecule has 0 heterocycles. The lowest BCUT2D eigenvalue weighted by Gasteiger charge is -2.19. The van der Waals surface area contributed by atoms with Crippen LogP contribution in [-0.4, -0.2) is 91.2 Å². The number of ketones is 4. The van der Waals surface area contributed by atoms with Gasteiger partial charge in [-0.05, 0) is 92.4 Å². The smallest absolute Gasteiger partial charge is 0.239 e. The molecule has 0 bridgehead atoms. The average molecular weight is 845 g/mol. The van der Waals surface area contributed by atoms with E-state index in [1.807, 2.05) is 20.8 Å². The van der Waals surface area contributed by atoms with Crippen LogP contribution in [0, 0.1) is 0 Å². The molecule has 0 saturated carbocycles. The number of hydrogen-bond donors (Lipinski definition) is 7. The number of carbonyl (C=O) groups is 8. The van der Waals surface area contributed by atoms with Crippen molar-refractivity contribution in [2.75, 3.05) is 65.8 Å². The molecule has 4 amide bonds. The molecule has 6 rings (SSSR count). The van der Waals surface area contributed by atoms with Gasteiger partial charge in [0.1, 0.15) is 11.8 Å². The maximum Gasteiger partial charge on any atom is 0.239 e. The number of fused-ring (bicyclic) bond motifs is 4. The molecule has 15 nitrogen and oxygen atoms in total. The zero-order valence-electron chi connectivity index (χ0n) is 32.5. The first-order valence-electron chi connectivity index (χ1n) is 18.5. The molecule has 2 aliphatic carbocycles. The molecule has 59 heavy (non-hydrogen) atoms. The fraction of sp³-hybridized carbons (Fsp3) is 0.238. The number of anilines is 4. The number of alkyl halides is 2. The number of benzene rings is 4. The van der Waals surface area contributed by atoms with E-state index in [2.05, 4.69) is 31.9 Å². The Morgan fingerprint density at radius 1 is 0.441 bits per heavy atom. The van der Waals surface area contributed by atoms with Gasteiger partial charge in [0.2, 0.25) is 23.6 Å². The largest absolute Gasteiger partial charge is 0.331 e. The van der Waals surface area contributed by atoms with Crippen LogP contribution in [0.1, 0.15) is 84.5 Å². The molecule has 0 unspecified atom stereocenters. The van der Waals surface area contributed by atoms with Crippen molar-refractivity contribution < 1.29 is 38.4 Å². The Bertz CT molecular complexity index is 2160. The summed E-state index contributed by atoms with van der Waals surface area (Å²) in [5, 5.41) is 16.4. The quantitative estimate of drug-likeness (QED) is 0.0857. The summed E-state index contributed by atoms with van der Waals surface area (Å²) >= 11 is 10.9. The van der Waals surface area contributed by atoms with Gasteiger partial charge in [0, 0.05) is 67.3 Å². The van der Waals surface area contributed by atoms with E-state index in [-0.39, 0.29) is 93.2 Å². The molecule has 0 spiro atoms. The van der Waals surface area contributed by atoms with E-state index in [1.54, 1.807) is 24.3 Å². The zero-order valence-corrected chi connectivity index (χ0v) is 34.0. The van der Waals surface area contributed by atoms with Gasteiger partial charge in [-0.3, -0.25) is 38.4 Å². The van der Waals surface area contributed by atoms with Crippen molar-refractivity contribution in [2.45, 2.75) is 20.8 Å². The summed E-state index contributed by atoms with van der Waals surface area (Å²) < 4.78 is 0. The first kappa shape index (κ1) is 45.6. The minimum absolute atomic E-state index is 0.152. The van der Waals surface area contributed by atoms with E-state index in [0.29, 0.717) is 47.0 Å². The first-order chi connectivity index (χ1) is 28.3. The van der Waals surface area contributed by atoms with Crippen molar-refractivity contribution in [3.05, 3.63) is 117 Å². The summed E-state index contributed by atoms with van der Waals surface area (Å²) in [4.78, 5) is 98.1. The van der Waals surface area contributed by atoms with Crippen LogP contribution >= 0.6 is 23.2 Å². The monoisotopic (exact) mass is 843 g/mol. The van der Waals surface area contributed by atoms with E-state index < -0.39 is 11.8 Å². The molecule has 0 atom stereocenters. The summed E-state index contributed by atoms with van der Waals surface area (Å²) in [6.07, 6.45) is 0. The van der Waals surface area contributed by atoms with Crippen LogP contribution < -0.4 is 37.6 Å². The summed E-state index contributed by atoms with van der Waals surface area (Å²) in [6.45, 7) is 8.07. The third kappa shape index (κ3) is 11.5. The normalized spacial score (nSPS) is 11.9. The van der Waals surface area contributed by atoms with Crippen molar-refractivity contribution in [3.63, 3.8) is 0 Å². The first-order valence-corrected chi connectivity index (χ1v) is 19.5. The molecule has 4 aromatic carbocycles. The number of hydrogen-bond acceptors (Lipinski definition) is 11. The number of carbonyl (C=O) groups excluding carboxylic acids is 8. The van der Waals surface area contributed by atoms with Crippen molar-refractivity contribution in [2.24, 2.45) is 5.73 Å². The van der Waals surface area contributed by atoms with Gasteiger partial charge >= 0.3 is 0 Å². The maximum atomic E-state index is 13.1. The van der Waals surface area contributed by atoms with Gasteiger partial charge < -0.3 is 37.6 Å². The topological polar surface area (TPSA) is 235 Å². The van der Waals surface area contributed by atoms with Crippen LogP contribution in [0.25, 0.3) is 0 Å². The average Bonchev–Trinajstić information content (AvgIpc) is 3.23. The zero-order chi connectivity index (χ0) is 43.2. The van der Waals surface area contributed by atoms with Crippen molar-refractivity contribution in [1.82, 2.24) is 10.6 Å². The second-order valence-corrected chi connectivity index (χ2v) is 13.3. The Labute approximate surface area is 350 Å². The molecule has 0 aliphatic heterocycles. The molecule has 0 radical (unpaired) electrons. The molecule has 0 saturated heterocycles. The van der Waals surface area contributed by atoms with Crippen LogP contribution in [0.4, 0.5) is 22.7 Å². The molecular weight excluding hydrogens is 801 g/mol. The lowest BCUT2D eigenvalue weighted by molar-refractivity contribution is -0.116. The number of halogens is 2. The van der Waals surface area contributed by atoms with Gasteiger partial charge in [-0.1, -0.05) is 20.8 Å². The molecule has 308 valence electrons. The highest BCUT2D eigenvalue weighted by Crippen LogP contribution is 2.32. The molecule has 8 N–H and O–H groups in total. The predicted octanol–water partition coefficient (Wildman–Crippen LogP) is 4.34. The molecule has 2 aliphatic rings. The molecule has 0 fully saturated rings. The van der Waals surface area contributed by atoms with E-state index in [0.717, 1.165) is 6.54 Å². The summed E-state index contributed by atoms with van der Waals surface area (Å²) in [5.74, 6) is -3.05. The van der Waals surface area contributed by atoms with Crippen molar-refractivity contribution in [1.29, 1.82) is 0 Å². The Kier molecular flexibility index (Phi) is 16.7. The van der Waals surface area contributed by atoms with Crippen molar-refractivity contribution >= 4 is 92.7 Å². The fourth-order valence-electron chi connectivity index (χ4n) is 5.89. The molecule has 17 heteroatoms. The number of likely N-dealkylation sites (N-methyl/N-ethyl adjacent to an activating group) is 2. The number of nitrogens with one attached hydrogen (secondary N) is 6. The number of nitrogens with two attached hydrogens (primary N) is 1. The van der Waals surface area contributed by atoms with Gasteiger partial charge in [-0.2, -0.15) is 0 Å². The predicted molar refractivity (Wildman–Crippen MR) is 227 cm³/mol. The highest BCUT2D eigenvalue weighted by atomic mass is 35.5. The number of rotatable bonds is 12. The van der Waals surface area contributed by atoms with E-state index in [1.165, 1.54) is 48.5 Å². The molecule has 0 aromatic heterocycles. The van der Waals surface area contributed by atoms with Gasteiger partial charge in [-0.25, -0.2) is 0 Å². The summed E-state index contributed by atoms with van der Waals surface area (Å²) in [6, 6.07) is 18.3. The highest BCUT2D eigenvalue weighted by Gasteiger charge is 2.32. The van der Waals surface area contributed by atoms with Crippen LogP contribution in [0.2, 0.25) is 0 Å². The van der Waals surface area contributed by atoms with Crippen LogP contribution in [0.15, 0.2) is 72.8 Å². The third-order valence-electron chi connectivity index (χ3n) is 8.48. The fourth-order valence-corrected chi connectivity index (χ4v) is 6.02. The van der Waals surface area contributed by atoms with Gasteiger partial charge in [0.25, 0.3) is 0 Å². The summed E-state index contributed by atoms with van der Waals surface area (Å²) in [5.41, 5.74) is 8.36. The van der Waals surface area contributed by atoms with Gasteiger partial charge in [-0.15, -0.1) is 23.2 Å². The SMILES string of the molecule is CCN.CCNCC(=O)Nc1ccc2c(c1)C(=O)c1cc(NC(=O)CNCC)ccc1C2=O.O=C(CCl)Nc1ccc2c(c1)C(=O)c1cc(NC(=O)CCl)ccc1C2=O. The molecular formula is C42H43Cl2N7O8. The minimum Gasteiger partial charge on any atom is -0.331 e. The Morgan fingerprint density at radius 2 is 0.678 bits per heavy atom. The van der Waals surface area contributed by atoms with Crippen LogP contribution in [-0.2, 0) is 19.2 Å². The Balaban J connectivity index is 0.000000246. The summed E-state index contributed by atoms with van der Waals surface area (Å²) in [7, 11) is 0. The van der Waals surface area contributed by atoms with Crippen LogP contribution in [0.3, 0.4) is 0 Å². The second kappa shape index (κ2) is 21.6. The lowest BCUT2D eigenvalue weighted by Crippen LogP contribution is -2.28. The van der Waals surface area contributed by atoms with E-state index in [4.69, 9.17) is 28.9 Å². The second-order valence-electron chi connectivity index (χ2n) is 12.8. The minimum atomic E-state index is -0.423. The van der Waals surface area contributed by atoms with Crippen molar-refractivity contribution in [3.8, 4) is 0 Å². The van der Waals surface area contributed by atoms with E-state index in [9.17, 15) is 38.4 Å². The van der Waals surface area contributed by atoms with E-state index >= 15 is 0 Å². The van der Waals surface area contributed by atoms with Crippen LogP contribution in [0.5, 0.6) is 0 Å². The lowest BCUT2D eigenvalue weighted by atomic mass is 9.83. The molecule has 4 aromatic rings. The Morgan fingerprint density at radius 3 is 0.915 bits per heavy atom. The maximum absolute atomic E-state index is 13.1. The van der Waals surface area contributed by atoms with Gasteiger partial charge in [0.15, 0.2) is 23.1 Å². The number of amides is 4. The van der Waals surface area contributed by atoms with Gasteiger partial charge in [0.05, 0.1) is 13.1 Å². The highest BCUT2D eigenvalue weighted by molar-refractivity contribution is 6.31. The third-order valence-corrected chi connectivity index (χ3v) is 8.97.